The van der Waals surface area contributed by atoms with E-state index in [0.29, 0.717) is 5.56 Å². The minimum absolute atomic E-state index is 0.649. The number of hydrogen-bond donors (Lipinski definition) is 0. The predicted molar refractivity (Wildman–Crippen MR) is 69.7 cm³/mol. The largest absolute Gasteiger partial charge is 0.457 e. The van der Waals surface area contributed by atoms with Gasteiger partial charge < -0.3 is 4.74 Å². The van der Waals surface area contributed by atoms with Gasteiger partial charge in [-0.2, -0.15) is 5.26 Å². The van der Waals surface area contributed by atoms with Gasteiger partial charge >= 0.3 is 0 Å². The molecule has 0 spiro atoms. The molecule has 0 atom stereocenters. The van der Waals surface area contributed by atoms with Gasteiger partial charge in [0.05, 0.1) is 11.6 Å². The summed E-state index contributed by atoms with van der Waals surface area (Å²) < 4.78 is 5.79. The maximum Gasteiger partial charge on any atom is 0.127 e. The van der Waals surface area contributed by atoms with Crippen LogP contribution in [0.4, 0.5) is 0 Å². The van der Waals surface area contributed by atoms with Gasteiger partial charge in [0.2, 0.25) is 0 Å². The molecule has 2 aromatic rings. The Balaban J connectivity index is 1.81. The standard InChI is InChI=1S/C16H13NO/c17-11-12-4-7-15(8-5-12)18-16-9-6-13-2-1-3-14(13)10-16/h4-10H,1-3H2. The third-order valence-electron chi connectivity index (χ3n) is 3.29. The van der Waals surface area contributed by atoms with Crippen LogP contribution in [0.3, 0.4) is 0 Å². The molecule has 0 radical (unpaired) electrons. The zero-order valence-corrected chi connectivity index (χ0v) is 10.0. The van der Waals surface area contributed by atoms with Gasteiger partial charge in [0, 0.05) is 0 Å². The molecule has 0 N–H and O–H groups in total. The average molecular weight is 235 g/mol. The van der Waals surface area contributed by atoms with Crippen LogP contribution in [0.15, 0.2) is 42.5 Å². The van der Waals surface area contributed by atoms with Crippen molar-refractivity contribution >= 4 is 0 Å². The molecule has 3 rings (SSSR count). The molecule has 0 saturated carbocycles. The highest BCUT2D eigenvalue weighted by Crippen LogP contribution is 2.28. The fourth-order valence-corrected chi connectivity index (χ4v) is 2.35. The average Bonchev–Trinajstić information content (AvgIpc) is 2.87. The molecule has 0 saturated heterocycles. The molecule has 2 heteroatoms. The van der Waals surface area contributed by atoms with Crippen LogP contribution in [0.25, 0.3) is 0 Å². The van der Waals surface area contributed by atoms with Gasteiger partial charge in [-0.25, -0.2) is 0 Å². The summed E-state index contributed by atoms with van der Waals surface area (Å²) in [6.07, 6.45) is 3.59. The fraction of sp³-hybridized carbons (Fsp3) is 0.188. The third kappa shape index (κ3) is 2.08. The highest BCUT2D eigenvalue weighted by molar-refractivity contribution is 5.41. The van der Waals surface area contributed by atoms with Crippen LogP contribution in [-0.2, 0) is 12.8 Å². The summed E-state index contributed by atoms with van der Waals surface area (Å²) in [5.74, 6) is 1.65. The van der Waals surface area contributed by atoms with Crippen molar-refractivity contribution in [2.24, 2.45) is 0 Å². The van der Waals surface area contributed by atoms with E-state index in [9.17, 15) is 0 Å². The first-order chi connectivity index (χ1) is 8.85. The predicted octanol–water partition coefficient (Wildman–Crippen LogP) is 3.84. The van der Waals surface area contributed by atoms with Crippen molar-refractivity contribution in [1.29, 1.82) is 5.26 Å². The molecular weight excluding hydrogens is 222 g/mol. The molecule has 0 bridgehead atoms. The van der Waals surface area contributed by atoms with E-state index in [0.717, 1.165) is 17.9 Å². The van der Waals surface area contributed by atoms with Crippen molar-refractivity contribution in [3.63, 3.8) is 0 Å². The Labute approximate surface area is 106 Å². The number of benzene rings is 2. The van der Waals surface area contributed by atoms with Crippen LogP contribution in [-0.4, -0.2) is 0 Å². The van der Waals surface area contributed by atoms with Gasteiger partial charge in [-0.05, 0) is 66.8 Å². The van der Waals surface area contributed by atoms with E-state index < -0.39 is 0 Å². The molecule has 2 aromatic carbocycles. The van der Waals surface area contributed by atoms with Crippen molar-refractivity contribution in [1.82, 2.24) is 0 Å². The Bertz CT molecular complexity index is 608. The first-order valence-electron chi connectivity index (χ1n) is 6.15. The topological polar surface area (TPSA) is 33.0 Å². The Morgan fingerprint density at radius 1 is 0.889 bits per heavy atom. The van der Waals surface area contributed by atoms with Crippen LogP contribution in [0.5, 0.6) is 11.5 Å². The van der Waals surface area contributed by atoms with Crippen molar-refractivity contribution < 1.29 is 4.74 Å². The quantitative estimate of drug-likeness (QED) is 0.792. The number of nitrogens with zero attached hydrogens (tertiary/aromatic N) is 1. The lowest BCUT2D eigenvalue weighted by Crippen LogP contribution is -1.87. The van der Waals surface area contributed by atoms with Crippen molar-refractivity contribution in [3.05, 3.63) is 59.2 Å². The maximum absolute atomic E-state index is 8.73. The van der Waals surface area contributed by atoms with Crippen LogP contribution in [0.2, 0.25) is 0 Å². The highest BCUT2D eigenvalue weighted by Gasteiger charge is 2.11. The molecule has 0 heterocycles. The van der Waals surface area contributed by atoms with Crippen molar-refractivity contribution in [2.45, 2.75) is 19.3 Å². The van der Waals surface area contributed by atoms with Crippen LogP contribution in [0, 0.1) is 11.3 Å². The van der Waals surface area contributed by atoms with E-state index >= 15 is 0 Å². The van der Waals surface area contributed by atoms with Crippen LogP contribution < -0.4 is 4.74 Å². The Morgan fingerprint density at radius 3 is 2.39 bits per heavy atom. The number of hydrogen-bond acceptors (Lipinski definition) is 2. The van der Waals surface area contributed by atoms with E-state index in [1.807, 2.05) is 18.2 Å². The molecule has 1 aliphatic carbocycles. The fourth-order valence-electron chi connectivity index (χ4n) is 2.35. The molecule has 0 aliphatic heterocycles. The lowest BCUT2D eigenvalue weighted by molar-refractivity contribution is 0.482. The molecule has 0 fully saturated rings. The van der Waals surface area contributed by atoms with Crippen molar-refractivity contribution in [3.8, 4) is 17.6 Å². The van der Waals surface area contributed by atoms with E-state index in [1.54, 1.807) is 12.1 Å². The van der Waals surface area contributed by atoms with Crippen LogP contribution in [0.1, 0.15) is 23.1 Å². The van der Waals surface area contributed by atoms with E-state index in [1.165, 1.54) is 24.0 Å². The summed E-state index contributed by atoms with van der Waals surface area (Å²) in [6, 6.07) is 15.6. The minimum atomic E-state index is 0.649. The molecule has 1 aliphatic rings. The van der Waals surface area contributed by atoms with Crippen molar-refractivity contribution in [2.75, 3.05) is 0 Å². The van der Waals surface area contributed by atoms with Gasteiger partial charge in [0.25, 0.3) is 0 Å². The third-order valence-corrected chi connectivity index (χ3v) is 3.29. The maximum atomic E-state index is 8.73. The Hall–Kier alpha value is -2.27. The second kappa shape index (κ2) is 4.54. The summed E-state index contributed by atoms with van der Waals surface area (Å²) in [6.45, 7) is 0. The molecule has 0 aromatic heterocycles. The second-order valence-electron chi connectivity index (χ2n) is 4.52. The number of aryl methyl sites for hydroxylation is 2. The summed E-state index contributed by atoms with van der Waals surface area (Å²) in [7, 11) is 0. The highest BCUT2D eigenvalue weighted by atomic mass is 16.5. The number of rotatable bonds is 2. The molecule has 0 amide bonds. The lowest BCUT2D eigenvalue weighted by atomic mass is 10.1. The monoisotopic (exact) mass is 235 g/mol. The molecule has 2 nitrogen and oxygen atoms in total. The SMILES string of the molecule is N#Cc1ccc(Oc2ccc3c(c2)CCC3)cc1. The Kier molecular flexibility index (Phi) is 2.74. The summed E-state index contributed by atoms with van der Waals surface area (Å²) in [5.41, 5.74) is 3.50. The van der Waals surface area contributed by atoms with Gasteiger partial charge in [0.15, 0.2) is 0 Å². The first-order valence-corrected chi connectivity index (χ1v) is 6.15. The normalized spacial score (nSPS) is 12.8. The summed E-state index contributed by atoms with van der Waals surface area (Å²) in [5, 5.41) is 8.73. The zero-order valence-electron chi connectivity index (χ0n) is 10.0. The van der Waals surface area contributed by atoms with E-state index in [2.05, 4.69) is 18.2 Å². The van der Waals surface area contributed by atoms with Crippen LogP contribution >= 0.6 is 0 Å². The summed E-state index contributed by atoms with van der Waals surface area (Å²) in [4.78, 5) is 0. The number of fused-ring (bicyclic) bond motifs is 1. The van der Waals surface area contributed by atoms with Gasteiger partial charge in [-0.15, -0.1) is 0 Å². The second-order valence-corrected chi connectivity index (χ2v) is 4.52. The molecule has 18 heavy (non-hydrogen) atoms. The number of nitriles is 1. The molecule has 0 unspecified atom stereocenters. The van der Waals surface area contributed by atoms with E-state index in [-0.39, 0.29) is 0 Å². The lowest BCUT2D eigenvalue weighted by Gasteiger charge is -2.07. The number of ether oxygens (including phenoxy) is 1. The zero-order chi connectivity index (χ0) is 12.4. The molecule has 88 valence electrons. The summed E-state index contributed by atoms with van der Waals surface area (Å²) >= 11 is 0. The Morgan fingerprint density at radius 2 is 1.61 bits per heavy atom. The van der Waals surface area contributed by atoms with Gasteiger partial charge in [0.1, 0.15) is 11.5 Å². The molecular formula is C16H13NO. The minimum Gasteiger partial charge on any atom is -0.457 e. The first kappa shape index (κ1) is 10.9. The van der Waals surface area contributed by atoms with Gasteiger partial charge in [-0.3, -0.25) is 0 Å². The van der Waals surface area contributed by atoms with Gasteiger partial charge in [-0.1, -0.05) is 6.07 Å². The van der Waals surface area contributed by atoms with E-state index in [4.69, 9.17) is 10.00 Å². The smallest absolute Gasteiger partial charge is 0.127 e.